The Hall–Kier alpha value is -0.0800. The molecule has 2 heteroatoms. The summed E-state index contributed by atoms with van der Waals surface area (Å²) in [6.45, 7) is 6.77. The van der Waals surface area contributed by atoms with E-state index in [9.17, 15) is 0 Å². The Morgan fingerprint density at radius 3 is 2.60 bits per heavy atom. The molecule has 1 atom stereocenters. The molecule has 1 spiro atoms. The lowest BCUT2D eigenvalue weighted by Gasteiger charge is -2.47. The van der Waals surface area contributed by atoms with Crippen molar-refractivity contribution in [3.8, 4) is 0 Å². The van der Waals surface area contributed by atoms with E-state index in [1.54, 1.807) is 0 Å². The first-order valence-corrected chi connectivity index (χ1v) is 3.99. The molecule has 2 aliphatic rings. The second-order valence-electron chi connectivity index (χ2n) is 3.95. The van der Waals surface area contributed by atoms with Crippen molar-refractivity contribution >= 4 is 0 Å². The first kappa shape index (κ1) is 6.62. The van der Waals surface area contributed by atoms with Crippen LogP contribution in [0.15, 0.2) is 0 Å². The minimum Gasteiger partial charge on any atom is -0.380 e. The summed E-state index contributed by atoms with van der Waals surface area (Å²) in [4.78, 5) is 2.37. The molecule has 2 heterocycles. The van der Waals surface area contributed by atoms with Crippen LogP contribution in [0.4, 0.5) is 0 Å². The molecule has 2 rings (SSSR count). The van der Waals surface area contributed by atoms with Crippen molar-refractivity contribution in [2.45, 2.75) is 6.92 Å². The minimum absolute atomic E-state index is 0.550. The second kappa shape index (κ2) is 1.95. The molecule has 58 valence electrons. The van der Waals surface area contributed by atoms with Crippen LogP contribution in [0.3, 0.4) is 0 Å². The zero-order chi connectivity index (χ0) is 7.19. The normalized spacial score (nSPS) is 38.4. The minimum atomic E-state index is 0.550. The molecule has 0 bridgehead atoms. The SMILES string of the molecule is CC1COCC12CN(C)C2. The van der Waals surface area contributed by atoms with Gasteiger partial charge in [-0.1, -0.05) is 6.92 Å². The van der Waals surface area contributed by atoms with E-state index in [2.05, 4.69) is 18.9 Å². The van der Waals surface area contributed by atoms with Crippen molar-refractivity contribution in [1.29, 1.82) is 0 Å². The van der Waals surface area contributed by atoms with E-state index in [0.29, 0.717) is 5.41 Å². The Bertz CT molecular complexity index is 140. The summed E-state index contributed by atoms with van der Waals surface area (Å²) in [5.74, 6) is 0.781. The van der Waals surface area contributed by atoms with E-state index in [-0.39, 0.29) is 0 Å². The fraction of sp³-hybridized carbons (Fsp3) is 1.00. The average molecular weight is 141 g/mol. The number of ether oxygens (including phenoxy) is 1. The van der Waals surface area contributed by atoms with E-state index in [4.69, 9.17) is 4.74 Å². The fourth-order valence-electron chi connectivity index (χ4n) is 2.19. The number of rotatable bonds is 0. The summed E-state index contributed by atoms with van der Waals surface area (Å²) in [6.07, 6.45) is 0. The lowest BCUT2D eigenvalue weighted by Crippen LogP contribution is -2.57. The van der Waals surface area contributed by atoms with Crippen LogP contribution in [0.5, 0.6) is 0 Å². The molecular weight excluding hydrogens is 126 g/mol. The van der Waals surface area contributed by atoms with Gasteiger partial charge in [0.25, 0.3) is 0 Å². The van der Waals surface area contributed by atoms with Crippen LogP contribution in [0.1, 0.15) is 6.92 Å². The molecule has 0 amide bonds. The molecule has 10 heavy (non-hydrogen) atoms. The summed E-state index contributed by atoms with van der Waals surface area (Å²) >= 11 is 0. The predicted molar refractivity (Wildman–Crippen MR) is 39.9 cm³/mol. The molecular formula is C8H15NO. The summed E-state index contributed by atoms with van der Waals surface area (Å²) < 4.78 is 5.44. The molecule has 0 aromatic heterocycles. The van der Waals surface area contributed by atoms with Crippen LogP contribution >= 0.6 is 0 Å². The molecule has 0 saturated carbocycles. The van der Waals surface area contributed by atoms with E-state index in [1.165, 1.54) is 13.1 Å². The molecule has 0 aliphatic carbocycles. The van der Waals surface area contributed by atoms with Crippen LogP contribution in [-0.4, -0.2) is 38.3 Å². The van der Waals surface area contributed by atoms with Gasteiger partial charge in [0.1, 0.15) is 0 Å². The van der Waals surface area contributed by atoms with Crippen molar-refractivity contribution in [3.05, 3.63) is 0 Å². The van der Waals surface area contributed by atoms with E-state index >= 15 is 0 Å². The lowest BCUT2D eigenvalue weighted by atomic mass is 9.73. The van der Waals surface area contributed by atoms with Gasteiger partial charge in [-0.15, -0.1) is 0 Å². The van der Waals surface area contributed by atoms with Gasteiger partial charge >= 0.3 is 0 Å². The Balaban J connectivity index is 2.03. The van der Waals surface area contributed by atoms with Crippen LogP contribution in [0.2, 0.25) is 0 Å². The predicted octanol–water partition coefficient (Wildman–Crippen LogP) is 0.585. The van der Waals surface area contributed by atoms with Crippen LogP contribution in [-0.2, 0) is 4.74 Å². The highest BCUT2D eigenvalue weighted by molar-refractivity contribution is 4.99. The highest BCUT2D eigenvalue weighted by Gasteiger charge is 2.48. The Morgan fingerprint density at radius 2 is 2.20 bits per heavy atom. The van der Waals surface area contributed by atoms with Crippen molar-refractivity contribution in [3.63, 3.8) is 0 Å². The van der Waals surface area contributed by atoms with Crippen LogP contribution < -0.4 is 0 Å². The third-order valence-electron chi connectivity index (χ3n) is 2.97. The topological polar surface area (TPSA) is 12.5 Å². The fourth-order valence-corrected chi connectivity index (χ4v) is 2.19. The van der Waals surface area contributed by atoms with Gasteiger partial charge in [0.15, 0.2) is 0 Å². The summed E-state index contributed by atoms with van der Waals surface area (Å²) in [5.41, 5.74) is 0.550. The third-order valence-corrected chi connectivity index (χ3v) is 2.97. The van der Waals surface area contributed by atoms with Gasteiger partial charge in [-0.25, -0.2) is 0 Å². The number of hydrogen-bond donors (Lipinski definition) is 0. The van der Waals surface area contributed by atoms with E-state index in [0.717, 1.165) is 19.1 Å². The lowest BCUT2D eigenvalue weighted by molar-refractivity contribution is -0.00787. The van der Waals surface area contributed by atoms with Crippen molar-refractivity contribution < 1.29 is 4.74 Å². The standard InChI is InChI=1S/C8H15NO/c1-7-3-10-6-8(7)4-9(2)5-8/h7H,3-6H2,1-2H3. The maximum atomic E-state index is 5.44. The van der Waals surface area contributed by atoms with Gasteiger partial charge in [-0.05, 0) is 13.0 Å². The third kappa shape index (κ3) is 0.722. The van der Waals surface area contributed by atoms with Gasteiger partial charge < -0.3 is 9.64 Å². The van der Waals surface area contributed by atoms with Gasteiger partial charge in [0, 0.05) is 25.1 Å². The Morgan fingerprint density at radius 1 is 1.50 bits per heavy atom. The molecule has 0 aromatic carbocycles. The zero-order valence-electron chi connectivity index (χ0n) is 6.76. The van der Waals surface area contributed by atoms with Gasteiger partial charge in [0.05, 0.1) is 6.61 Å². The number of likely N-dealkylation sites (tertiary alicyclic amines) is 1. The highest BCUT2D eigenvalue weighted by Crippen LogP contribution is 2.41. The van der Waals surface area contributed by atoms with Crippen molar-refractivity contribution in [1.82, 2.24) is 4.90 Å². The van der Waals surface area contributed by atoms with Gasteiger partial charge in [-0.2, -0.15) is 0 Å². The van der Waals surface area contributed by atoms with Crippen molar-refractivity contribution in [2.75, 3.05) is 33.4 Å². The maximum absolute atomic E-state index is 5.44. The molecule has 2 fully saturated rings. The van der Waals surface area contributed by atoms with Crippen LogP contribution in [0, 0.1) is 11.3 Å². The molecule has 0 radical (unpaired) electrons. The monoisotopic (exact) mass is 141 g/mol. The molecule has 2 nitrogen and oxygen atoms in total. The average Bonchev–Trinajstić information content (AvgIpc) is 2.12. The van der Waals surface area contributed by atoms with E-state index < -0.39 is 0 Å². The molecule has 0 aromatic rings. The summed E-state index contributed by atoms with van der Waals surface area (Å²) in [5, 5.41) is 0. The second-order valence-corrected chi connectivity index (χ2v) is 3.95. The molecule has 2 aliphatic heterocycles. The van der Waals surface area contributed by atoms with E-state index in [1.807, 2.05) is 0 Å². The first-order valence-electron chi connectivity index (χ1n) is 3.99. The molecule has 1 unspecified atom stereocenters. The van der Waals surface area contributed by atoms with Gasteiger partial charge in [0.2, 0.25) is 0 Å². The molecule has 0 N–H and O–H groups in total. The Labute approximate surface area is 62.2 Å². The summed E-state index contributed by atoms with van der Waals surface area (Å²) in [6, 6.07) is 0. The largest absolute Gasteiger partial charge is 0.380 e. The summed E-state index contributed by atoms with van der Waals surface area (Å²) in [7, 11) is 2.18. The molecule has 2 saturated heterocycles. The first-order chi connectivity index (χ1) is 4.73. The highest BCUT2D eigenvalue weighted by atomic mass is 16.5. The van der Waals surface area contributed by atoms with Gasteiger partial charge in [-0.3, -0.25) is 0 Å². The zero-order valence-corrected chi connectivity index (χ0v) is 6.76. The Kier molecular flexibility index (Phi) is 1.29. The van der Waals surface area contributed by atoms with Crippen molar-refractivity contribution in [2.24, 2.45) is 11.3 Å². The quantitative estimate of drug-likeness (QED) is 0.489. The smallest absolute Gasteiger partial charge is 0.0550 e. The number of hydrogen-bond acceptors (Lipinski definition) is 2. The van der Waals surface area contributed by atoms with Crippen LogP contribution in [0.25, 0.3) is 0 Å². The number of nitrogens with zero attached hydrogens (tertiary/aromatic N) is 1. The maximum Gasteiger partial charge on any atom is 0.0550 e.